The van der Waals surface area contributed by atoms with Gasteiger partial charge in [-0.3, -0.25) is 0 Å². The normalized spacial score (nSPS) is 12.9. The average molecular weight is 277 g/mol. The smallest absolute Gasteiger partial charge is 0.0485 e. The van der Waals surface area contributed by atoms with Crippen molar-refractivity contribution >= 4 is 11.6 Å². The summed E-state index contributed by atoms with van der Waals surface area (Å²) >= 11 is 6.26. The van der Waals surface area contributed by atoms with E-state index in [2.05, 4.69) is 49.0 Å². The fourth-order valence-corrected chi connectivity index (χ4v) is 2.41. The van der Waals surface area contributed by atoms with Crippen molar-refractivity contribution in [3.05, 3.63) is 58.4 Å². The highest BCUT2D eigenvalue weighted by Crippen LogP contribution is 2.22. The van der Waals surface area contributed by atoms with Gasteiger partial charge in [0, 0.05) is 30.0 Å². The van der Waals surface area contributed by atoms with E-state index in [1.54, 1.807) is 0 Å². The predicted octanol–water partition coefficient (Wildman–Crippen LogP) is 4.15. The Morgan fingerprint density at radius 2 is 2.00 bits per heavy atom. The van der Waals surface area contributed by atoms with Crippen LogP contribution in [0.2, 0.25) is 5.02 Å². The van der Waals surface area contributed by atoms with Crippen LogP contribution in [0.1, 0.15) is 36.6 Å². The molecule has 0 aliphatic rings. The van der Waals surface area contributed by atoms with Crippen LogP contribution < -0.4 is 5.73 Å². The molecule has 0 spiro atoms. The van der Waals surface area contributed by atoms with Gasteiger partial charge < -0.3 is 10.3 Å². The molecule has 2 nitrogen and oxygen atoms in total. The summed E-state index contributed by atoms with van der Waals surface area (Å²) in [7, 11) is 0. The average Bonchev–Trinajstić information content (AvgIpc) is 2.80. The highest BCUT2D eigenvalue weighted by Gasteiger charge is 2.11. The van der Waals surface area contributed by atoms with E-state index in [0.29, 0.717) is 5.92 Å². The number of nitrogens with two attached hydrogens (primary N) is 1. The Kier molecular flexibility index (Phi) is 4.33. The van der Waals surface area contributed by atoms with Gasteiger partial charge in [0.05, 0.1) is 0 Å². The van der Waals surface area contributed by atoms with Gasteiger partial charge in [-0.25, -0.2) is 0 Å². The first-order valence-electron chi connectivity index (χ1n) is 6.63. The van der Waals surface area contributed by atoms with Crippen LogP contribution in [-0.4, -0.2) is 4.57 Å². The van der Waals surface area contributed by atoms with Gasteiger partial charge >= 0.3 is 0 Å². The largest absolute Gasteiger partial charge is 0.350 e. The standard InChI is InChI=1S/C16H21ClN2/c1-11(2)16(18)14-6-7-19(10-14)9-13-5-4-12(3)8-15(13)17/h4-8,10-11,16H,9,18H2,1-3H3. The zero-order chi connectivity index (χ0) is 14.0. The van der Waals surface area contributed by atoms with Crippen molar-refractivity contribution in [3.63, 3.8) is 0 Å². The molecule has 0 saturated heterocycles. The maximum absolute atomic E-state index is 6.26. The number of aromatic nitrogens is 1. The van der Waals surface area contributed by atoms with E-state index in [0.717, 1.165) is 17.1 Å². The molecule has 0 aliphatic carbocycles. The zero-order valence-electron chi connectivity index (χ0n) is 11.7. The molecule has 0 aliphatic heterocycles. The first-order valence-corrected chi connectivity index (χ1v) is 7.01. The summed E-state index contributed by atoms with van der Waals surface area (Å²) in [4.78, 5) is 0. The fraction of sp³-hybridized carbons (Fsp3) is 0.375. The van der Waals surface area contributed by atoms with Crippen LogP contribution in [0.15, 0.2) is 36.7 Å². The molecule has 0 radical (unpaired) electrons. The van der Waals surface area contributed by atoms with Crippen molar-refractivity contribution < 1.29 is 0 Å². The molecule has 2 N–H and O–H groups in total. The van der Waals surface area contributed by atoms with Gasteiger partial charge in [0.25, 0.3) is 0 Å². The number of aryl methyl sites for hydroxylation is 1. The number of rotatable bonds is 4. The summed E-state index contributed by atoms with van der Waals surface area (Å²) in [6, 6.07) is 8.36. The lowest BCUT2D eigenvalue weighted by molar-refractivity contribution is 0.513. The van der Waals surface area contributed by atoms with Gasteiger partial charge in [-0.2, -0.15) is 0 Å². The Balaban J connectivity index is 2.16. The third-order valence-corrected chi connectivity index (χ3v) is 3.79. The molecule has 19 heavy (non-hydrogen) atoms. The van der Waals surface area contributed by atoms with E-state index in [1.165, 1.54) is 11.1 Å². The lowest BCUT2D eigenvalue weighted by atomic mass is 10.00. The molecule has 0 amide bonds. The third-order valence-electron chi connectivity index (χ3n) is 3.44. The Bertz CT molecular complexity index is 558. The maximum Gasteiger partial charge on any atom is 0.0485 e. The van der Waals surface area contributed by atoms with E-state index < -0.39 is 0 Å². The first kappa shape index (κ1) is 14.2. The van der Waals surface area contributed by atoms with Crippen LogP contribution >= 0.6 is 11.6 Å². The summed E-state index contributed by atoms with van der Waals surface area (Å²) in [5.74, 6) is 0.443. The molecule has 1 unspecified atom stereocenters. The van der Waals surface area contributed by atoms with Crippen molar-refractivity contribution in [1.29, 1.82) is 0 Å². The van der Waals surface area contributed by atoms with Crippen LogP contribution in [0.25, 0.3) is 0 Å². The molecular formula is C16H21ClN2. The molecule has 1 aromatic carbocycles. The minimum Gasteiger partial charge on any atom is -0.350 e. The predicted molar refractivity (Wildman–Crippen MR) is 81.5 cm³/mol. The van der Waals surface area contributed by atoms with E-state index in [4.69, 9.17) is 17.3 Å². The highest BCUT2D eigenvalue weighted by atomic mass is 35.5. The quantitative estimate of drug-likeness (QED) is 0.893. The van der Waals surface area contributed by atoms with Crippen molar-refractivity contribution in [2.24, 2.45) is 11.7 Å². The van der Waals surface area contributed by atoms with Crippen LogP contribution in [0.4, 0.5) is 0 Å². The summed E-state index contributed by atoms with van der Waals surface area (Å²) in [5, 5.41) is 0.823. The number of nitrogens with zero attached hydrogens (tertiary/aromatic N) is 1. The SMILES string of the molecule is Cc1ccc(Cn2ccc(C(N)C(C)C)c2)c(Cl)c1. The second-order valence-corrected chi connectivity index (χ2v) is 5.89. The van der Waals surface area contributed by atoms with Gasteiger partial charge in [0.15, 0.2) is 0 Å². The first-order chi connectivity index (χ1) is 8.97. The second kappa shape index (κ2) is 5.81. The monoisotopic (exact) mass is 276 g/mol. The lowest BCUT2D eigenvalue weighted by Gasteiger charge is -2.13. The molecule has 0 saturated carbocycles. The Labute approximate surface area is 120 Å². The molecule has 1 aromatic heterocycles. The minimum atomic E-state index is 0.0924. The van der Waals surface area contributed by atoms with Gasteiger partial charge in [-0.05, 0) is 41.7 Å². The van der Waals surface area contributed by atoms with Crippen LogP contribution in [0.3, 0.4) is 0 Å². The van der Waals surface area contributed by atoms with Gasteiger partial charge in [-0.1, -0.05) is 37.6 Å². The molecule has 2 aromatic rings. The third kappa shape index (κ3) is 3.40. The molecule has 0 bridgehead atoms. The van der Waals surface area contributed by atoms with E-state index in [9.17, 15) is 0 Å². The number of benzene rings is 1. The molecule has 3 heteroatoms. The molecule has 0 fully saturated rings. The summed E-state index contributed by atoms with van der Waals surface area (Å²) in [6.07, 6.45) is 4.18. The Hall–Kier alpha value is -1.25. The van der Waals surface area contributed by atoms with Crippen LogP contribution in [0.5, 0.6) is 0 Å². The Morgan fingerprint density at radius 1 is 1.26 bits per heavy atom. The van der Waals surface area contributed by atoms with Crippen LogP contribution in [-0.2, 0) is 6.54 Å². The summed E-state index contributed by atoms with van der Waals surface area (Å²) in [5.41, 5.74) is 9.65. The number of hydrogen-bond acceptors (Lipinski definition) is 1. The van der Waals surface area contributed by atoms with Gasteiger partial charge in [-0.15, -0.1) is 0 Å². The topological polar surface area (TPSA) is 30.9 Å². The van der Waals surface area contributed by atoms with E-state index >= 15 is 0 Å². The van der Waals surface area contributed by atoms with E-state index in [-0.39, 0.29) is 6.04 Å². The van der Waals surface area contributed by atoms with Gasteiger partial charge in [0.1, 0.15) is 0 Å². The van der Waals surface area contributed by atoms with Crippen molar-refractivity contribution in [1.82, 2.24) is 4.57 Å². The van der Waals surface area contributed by atoms with Crippen molar-refractivity contribution in [3.8, 4) is 0 Å². The highest BCUT2D eigenvalue weighted by molar-refractivity contribution is 6.31. The van der Waals surface area contributed by atoms with Crippen molar-refractivity contribution in [2.45, 2.75) is 33.4 Å². The maximum atomic E-state index is 6.26. The second-order valence-electron chi connectivity index (χ2n) is 5.48. The zero-order valence-corrected chi connectivity index (χ0v) is 12.5. The van der Waals surface area contributed by atoms with Crippen LogP contribution in [0, 0.1) is 12.8 Å². The van der Waals surface area contributed by atoms with Crippen molar-refractivity contribution in [2.75, 3.05) is 0 Å². The summed E-state index contributed by atoms with van der Waals surface area (Å²) in [6.45, 7) is 7.10. The van der Waals surface area contributed by atoms with E-state index in [1.807, 2.05) is 13.0 Å². The Morgan fingerprint density at radius 3 is 2.63 bits per heavy atom. The fourth-order valence-electron chi connectivity index (χ4n) is 2.12. The minimum absolute atomic E-state index is 0.0924. The molecular weight excluding hydrogens is 256 g/mol. The summed E-state index contributed by atoms with van der Waals surface area (Å²) < 4.78 is 2.13. The molecule has 102 valence electrons. The molecule has 1 atom stereocenters. The molecule has 1 heterocycles. The number of hydrogen-bond donors (Lipinski definition) is 1. The molecule has 2 rings (SSSR count). The van der Waals surface area contributed by atoms with Gasteiger partial charge in [0.2, 0.25) is 0 Å². The number of halogens is 1. The lowest BCUT2D eigenvalue weighted by Crippen LogP contribution is -2.15.